The summed E-state index contributed by atoms with van der Waals surface area (Å²) in [7, 11) is 0. The number of aryl methyl sites for hydroxylation is 1. The highest BCUT2D eigenvalue weighted by molar-refractivity contribution is 5.93. The van der Waals surface area contributed by atoms with E-state index in [1.54, 1.807) is 19.1 Å². The third kappa shape index (κ3) is 4.03. The molecule has 1 amide bonds. The minimum atomic E-state index is -0.371. The van der Waals surface area contributed by atoms with E-state index >= 15 is 0 Å². The lowest BCUT2D eigenvalue weighted by atomic mass is 10.2. The first-order chi connectivity index (χ1) is 9.16. The molecular weight excluding hydrogens is 243 g/mol. The van der Waals surface area contributed by atoms with Gasteiger partial charge in [0.2, 0.25) is 5.91 Å². The van der Waals surface area contributed by atoms with E-state index in [9.17, 15) is 9.18 Å². The number of carbonyl (C=O) groups is 1. The van der Waals surface area contributed by atoms with Crippen LogP contribution in [0.2, 0.25) is 0 Å². The van der Waals surface area contributed by atoms with Crippen molar-refractivity contribution in [3.05, 3.63) is 29.6 Å². The third-order valence-electron chi connectivity index (χ3n) is 3.55. The van der Waals surface area contributed by atoms with Gasteiger partial charge in [-0.15, -0.1) is 0 Å². The van der Waals surface area contributed by atoms with Gasteiger partial charge >= 0.3 is 0 Å². The predicted molar refractivity (Wildman–Crippen MR) is 74.7 cm³/mol. The topological polar surface area (TPSA) is 32.3 Å². The summed E-state index contributed by atoms with van der Waals surface area (Å²) >= 11 is 0. The first-order valence-corrected chi connectivity index (χ1v) is 6.94. The summed E-state index contributed by atoms with van der Waals surface area (Å²) in [6.45, 7) is 4.08. The van der Waals surface area contributed by atoms with Gasteiger partial charge in [-0.3, -0.25) is 9.69 Å². The fourth-order valence-corrected chi connectivity index (χ4v) is 2.47. The Kier molecular flexibility index (Phi) is 4.91. The van der Waals surface area contributed by atoms with E-state index in [1.807, 2.05) is 0 Å². The first-order valence-electron chi connectivity index (χ1n) is 6.94. The zero-order valence-corrected chi connectivity index (χ0v) is 11.4. The Bertz CT molecular complexity index is 420. The van der Waals surface area contributed by atoms with Crippen molar-refractivity contribution in [1.29, 1.82) is 0 Å². The first kappa shape index (κ1) is 14.0. The monoisotopic (exact) mass is 264 g/mol. The molecule has 0 atom stereocenters. The van der Waals surface area contributed by atoms with Crippen LogP contribution in [0.1, 0.15) is 31.2 Å². The van der Waals surface area contributed by atoms with Crippen molar-refractivity contribution in [1.82, 2.24) is 4.90 Å². The van der Waals surface area contributed by atoms with Crippen LogP contribution in [0.15, 0.2) is 18.2 Å². The average Bonchev–Trinajstić information content (AvgIpc) is 2.63. The number of para-hydroxylation sites is 1. The number of nitrogens with one attached hydrogen (secondary N) is 1. The molecule has 0 aromatic heterocycles. The van der Waals surface area contributed by atoms with Crippen molar-refractivity contribution in [2.45, 2.75) is 32.6 Å². The van der Waals surface area contributed by atoms with E-state index in [1.165, 1.54) is 18.9 Å². The standard InChI is InChI=1S/C15H21FN2O/c1-12-7-6-8-13(16)15(12)17-14(19)11-18-9-4-2-3-5-10-18/h6-8H,2-5,9-11H2,1H3,(H,17,19). The van der Waals surface area contributed by atoms with E-state index in [0.717, 1.165) is 31.5 Å². The molecule has 1 heterocycles. The molecule has 0 radical (unpaired) electrons. The Balaban J connectivity index is 1.93. The van der Waals surface area contributed by atoms with Crippen LogP contribution in [0.25, 0.3) is 0 Å². The van der Waals surface area contributed by atoms with Crippen LogP contribution in [0.3, 0.4) is 0 Å². The van der Waals surface area contributed by atoms with Crippen molar-refractivity contribution in [3.8, 4) is 0 Å². The second kappa shape index (κ2) is 6.66. The average molecular weight is 264 g/mol. The number of nitrogens with zero attached hydrogens (tertiary/aromatic N) is 1. The Morgan fingerprint density at radius 3 is 2.58 bits per heavy atom. The molecule has 2 rings (SSSR count). The Hall–Kier alpha value is -1.42. The number of hydrogen-bond acceptors (Lipinski definition) is 2. The molecule has 1 aromatic rings. The van der Waals surface area contributed by atoms with Gasteiger partial charge in [-0.2, -0.15) is 0 Å². The van der Waals surface area contributed by atoms with Crippen LogP contribution in [0.5, 0.6) is 0 Å². The molecule has 0 unspecified atom stereocenters. The summed E-state index contributed by atoms with van der Waals surface area (Å²) in [4.78, 5) is 14.1. The molecule has 0 spiro atoms. The molecule has 1 aliphatic heterocycles. The van der Waals surface area contributed by atoms with Gasteiger partial charge in [0.15, 0.2) is 0 Å². The molecule has 0 bridgehead atoms. The van der Waals surface area contributed by atoms with Crippen molar-refractivity contribution in [2.75, 3.05) is 25.0 Å². The van der Waals surface area contributed by atoms with E-state index in [0.29, 0.717) is 12.2 Å². The summed E-state index contributed by atoms with van der Waals surface area (Å²) in [5.74, 6) is -0.501. The maximum absolute atomic E-state index is 13.6. The highest BCUT2D eigenvalue weighted by Crippen LogP contribution is 2.18. The second-order valence-corrected chi connectivity index (χ2v) is 5.17. The number of anilines is 1. The minimum absolute atomic E-state index is 0.130. The predicted octanol–water partition coefficient (Wildman–Crippen LogP) is 2.95. The van der Waals surface area contributed by atoms with Gasteiger partial charge < -0.3 is 5.32 Å². The van der Waals surface area contributed by atoms with Gasteiger partial charge in [-0.1, -0.05) is 25.0 Å². The molecular formula is C15H21FN2O. The van der Waals surface area contributed by atoms with Crippen LogP contribution in [0.4, 0.5) is 10.1 Å². The zero-order chi connectivity index (χ0) is 13.7. The highest BCUT2D eigenvalue weighted by atomic mass is 19.1. The van der Waals surface area contributed by atoms with Crippen molar-refractivity contribution in [2.24, 2.45) is 0 Å². The molecule has 3 nitrogen and oxygen atoms in total. The van der Waals surface area contributed by atoms with Gasteiger partial charge in [0.25, 0.3) is 0 Å². The lowest BCUT2D eigenvalue weighted by Crippen LogP contribution is -2.34. The maximum Gasteiger partial charge on any atom is 0.238 e. The molecule has 1 saturated heterocycles. The third-order valence-corrected chi connectivity index (χ3v) is 3.55. The fourth-order valence-electron chi connectivity index (χ4n) is 2.47. The van der Waals surface area contributed by atoms with E-state index in [4.69, 9.17) is 0 Å². The maximum atomic E-state index is 13.6. The second-order valence-electron chi connectivity index (χ2n) is 5.17. The summed E-state index contributed by atoms with van der Waals surface area (Å²) < 4.78 is 13.6. The number of halogens is 1. The molecule has 0 saturated carbocycles. The number of likely N-dealkylation sites (tertiary alicyclic amines) is 1. The van der Waals surface area contributed by atoms with E-state index in [2.05, 4.69) is 10.2 Å². The van der Waals surface area contributed by atoms with Crippen LogP contribution in [-0.2, 0) is 4.79 Å². The molecule has 1 N–H and O–H groups in total. The van der Waals surface area contributed by atoms with Gasteiger partial charge in [-0.05, 0) is 44.5 Å². The lowest BCUT2D eigenvalue weighted by molar-refractivity contribution is -0.117. The summed E-state index contributed by atoms with van der Waals surface area (Å²) in [6, 6.07) is 4.81. The van der Waals surface area contributed by atoms with Crippen LogP contribution in [-0.4, -0.2) is 30.4 Å². The molecule has 19 heavy (non-hydrogen) atoms. The SMILES string of the molecule is Cc1cccc(F)c1NC(=O)CN1CCCCCC1. The Morgan fingerprint density at radius 1 is 1.26 bits per heavy atom. The van der Waals surface area contributed by atoms with Crippen molar-refractivity contribution in [3.63, 3.8) is 0 Å². The molecule has 4 heteroatoms. The summed E-state index contributed by atoms with van der Waals surface area (Å²) in [5, 5.41) is 2.69. The molecule has 1 aromatic carbocycles. The fraction of sp³-hybridized carbons (Fsp3) is 0.533. The van der Waals surface area contributed by atoms with Crippen molar-refractivity contribution >= 4 is 11.6 Å². The van der Waals surface area contributed by atoms with Gasteiger partial charge in [0.05, 0.1) is 12.2 Å². The number of amides is 1. The zero-order valence-electron chi connectivity index (χ0n) is 11.4. The number of benzene rings is 1. The normalized spacial score (nSPS) is 16.9. The molecule has 104 valence electrons. The largest absolute Gasteiger partial charge is 0.322 e. The highest BCUT2D eigenvalue weighted by Gasteiger charge is 2.15. The summed E-state index contributed by atoms with van der Waals surface area (Å²) in [5.41, 5.74) is 1.06. The quantitative estimate of drug-likeness (QED) is 0.910. The molecule has 0 aliphatic carbocycles. The minimum Gasteiger partial charge on any atom is -0.322 e. The van der Waals surface area contributed by atoms with E-state index in [-0.39, 0.29) is 11.7 Å². The van der Waals surface area contributed by atoms with Gasteiger partial charge in [0, 0.05) is 0 Å². The van der Waals surface area contributed by atoms with Crippen LogP contribution < -0.4 is 5.32 Å². The Morgan fingerprint density at radius 2 is 1.95 bits per heavy atom. The van der Waals surface area contributed by atoms with Crippen LogP contribution in [0, 0.1) is 12.7 Å². The van der Waals surface area contributed by atoms with Crippen LogP contribution >= 0.6 is 0 Å². The lowest BCUT2D eigenvalue weighted by Gasteiger charge is -2.19. The van der Waals surface area contributed by atoms with Gasteiger partial charge in [-0.25, -0.2) is 4.39 Å². The van der Waals surface area contributed by atoms with E-state index < -0.39 is 0 Å². The number of hydrogen-bond donors (Lipinski definition) is 1. The summed E-state index contributed by atoms with van der Waals surface area (Å²) in [6.07, 6.45) is 4.77. The number of rotatable bonds is 3. The Labute approximate surface area is 113 Å². The number of carbonyl (C=O) groups excluding carboxylic acids is 1. The molecule has 1 fully saturated rings. The smallest absolute Gasteiger partial charge is 0.238 e. The van der Waals surface area contributed by atoms with Gasteiger partial charge in [0.1, 0.15) is 5.82 Å². The van der Waals surface area contributed by atoms with Crippen molar-refractivity contribution < 1.29 is 9.18 Å². The molecule has 1 aliphatic rings.